The van der Waals surface area contributed by atoms with Crippen LogP contribution in [0.4, 0.5) is 0 Å². The van der Waals surface area contributed by atoms with Crippen molar-refractivity contribution in [2.24, 2.45) is 0 Å². The minimum atomic E-state index is -0.148. The molecule has 0 unspecified atom stereocenters. The Balaban J connectivity index is 1.72. The average molecular weight is 417 g/mol. The first-order valence-corrected chi connectivity index (χ1v) is 10.4. The maximum absolute atomic E-state index is 13.3. The van der Waals surface area contributed by atoms with Gasteiger partial charge in [0.1, 0.15) is 5.75 Å². The summed E-state index contributed by atoms with van der Waals surface area (Å²) in [6.45, 7) is 1.98. The maximum Gasteiger partial charge on any atom is 0.266 e. The van der Waals surface area contributed by atoms with Crippen LogP contribution < -0.4 is 10.3 Å². The highest BCUT2D eigenvalue weighted by Gasteiger charge is 2.15. The predicted octanol–water partition coefficient (Wildman–Crippen LogP) is 4.68. The highest BCUT2D eigenvalue weighted by Crippen LogP contribution is 2.23. The van der Waals surface area contributed by atoms with E-state index in [0.29, 0.717) is 27.4 Å². The molecule has 150 valence electrons. The molecule has 3 aromatic carbocycles. The van der Waals surface area contributed by atoms with Crippen LogP contribution in [0, 0.1) is 6.92 Å². The van der Waals surface area contributed by atoms with Gasteiger partial charge in [-0.3, -0.25) is 14.2 Å². The Morgan fingerprint density at radius 2 is 1.80 bits per heavy atom. The zero-order chi connectivity index (χ0) is 21.1. The molecule has 0 saturated carbocycles. The lowest BCUT2D eigenvalue weighted by Crippen LogP contribution is -2.22. The van der Waals surface area contributed by atoms with Crippen LogP contribution in [0.2, 0.25) is 0 Å². The largest absolute Gasteiger partial charge is 0.497 e. The number of rotatable bonds is 6. The van der Waals surface area contributed by atoms with Crippen LogP contribution >= 0.6 is 11.8 Å². The van der Waals surface area contributed by atoms with Crippen molar-refractivity contribution >= 4 is 28.4 Å². The topological polar surface area (TPSA) is 61.2 Å². The molecule has 0 spiro atoms. The van der Waals surface area contributed by atoms with Gasteiger partial charge in [0.25, 0.3) is 5.56 Å². The second-order valence-corrected chi connectivity index (χ2v) is 7.77. The van der Waals surface area contributed by atoms with Gasteiger partial charge < -0.3 is 4.74 Å². The van der Waals surface area contributed by atoms with E-state index in [2.05, 4.69) is 4.98 Å². The van der Waals surface area contributed by atoms with Crippen LogP contribution in [0.3, 0.4) is 0 Å². The molecule has 0 radical (unpaired) electrons. The van der Waals surface area contributed by atoms with E-state index in [1.54, 1.807) is 42.0 Å². The summed E-state index contributed by atoms with van der Waals surface area (Å²) in [5.74, 6) is 0.827. The van der Waals surface area contributed by atoms with Crippen LogP contribution in [0.5, 0.6) is 5.75 Å². The lowest BCUT2D eigenvalue weighted by atomic mass is 10.1. The zero-order valence-electron chi connectivity index (χ0n) is 16.7. The van der Waals surface area contributed by atoms with Gasteiger partial charge in [0.05, 0.1) is 29.5 Å². The van der Waals surface area contributed by atoms with Crippen LogP contribution in [0.15, 0.2) is 82.7 Å². The number of ether oxygens (including phenoxy) is 1. The molecule has 4 rings (SSSR count). The summed E-state index contributed by atoms with van der Waals surface area (Å²) in [6.07, 6.45) is 0. The molecule has 30 heavy (non-hydrogen) atoms. The number of aromatic nitrogens is 2. The number of carbonyl (C=O) groups excluding carboxylic acids is 1. The average Bonchev–Trinajstić information content (AvgIpc) is 2.77. The fourth-order valence-electron chi connectivity index (χ4n) is 3.19. The molecule has 0 bridgehead atoms. The van der Waals surface area contributed by atoms with Gasteiger partial charge in [-0.05, 0) is 61.0 Å². The van der Waals surface area contributed by atoms with E-state index in [4.69, 9.17) is 4.74 Å². The molecule has 0 aliphatic carbocycles. The molecule has 1 heterocycles. The summed E-state index contributed by atoms with van der Waals surface area (Å²) in [5.41, 5.74) is 2.83. The molecule has 0 aliphatic heterocycles. The third kappa shape index (κ3) is 4.00. The van der Waals surface area contributed by atoms with E-state index < -0.39 is 0 Å². The number of benzene rings is 3. The number of hydrogen-bond acceptors (Lipinski definition) is 5. The lowest BCUT2D eigenvalue weighted by Gasteiger charge is -2.13. The third-order valence-corrected chi connectivity index (χ3v) is 5.69. The van der Waals surface area contributed by atoms with Crippen LogP contribution in [0.25, 0.3) is 16.6 Å². The summed E-state index contributed by atoms with van der Waals surface area (Å²) >= 11 is 1.26. The van der Waals surface area contributed by atoms with Crippen LogP contribution in [-0.4, -0.2) is 28.2 Å². The van der Waals surface area contributed by atoms with Gasteiger partial charge in [0.15, 0.2) is 10.9 Å². The molecule has 1 aromatic heterocycles. The first-order valence-electron chi connectivity index (χ1n) is 9.46. The summed E-state index contributed by atoms with van der Waals surface area (Å²) in [5, 5.41) is 1.04. The van der Waals surface area contributed by atoms with Crippen LogP contribution in [0.1, 0.15) is 15.9 Å². The highest BCUT2D eigenvalue weighted by molar-refractivity contribution is 7.99. The number of para-hydroxylation sites is 1. The lowest BCUT2D eigenvalue weighted by molar-refractivity contribution is 0.102. The van der Waals surface area contributed by atoms with Crippen LogP contribution in [-0.2, 0) is 0 Å². The predicted molar refractivity (Wildman–Crippen MR) is 120 cm³/mol. The van der Waals surface area contributed by atoms with Crippen molar-refractivity contribution in [1.29, 1.82) is 0 Å². The molecule has 0 atom stereocenters. The van der Waals surface area contributed by atoms with Crippen molar-refractivity contribution < 1.29 is 9.53 Å². The van der Waals surface area contributed by atoms with E-state index in [1.807, 2.05) is 49.4 Å². The van der Waals surface area contributed by atoms with Gasteiger partial charge in [0, 0.05) is 5.56 Å². The third-order valence-electron chi connectivity index (χ3n) is 4.75. The normalized spacial score (nSPS) is 10.9. The molecule has 0 saturated heterocycles. The molecular formula is C24H20N2O3S. The molecule has 0 amide bonds. The Labute approximate surface area is 178 Å². The Hall–Kier alpha value is -3.38. The maximum atomic E-state index is 13.3. The number of thioether (sulfide) groups is 1. The summed E-state index contributed by atoms with van der Waals surface area (Å²) < 4.78 is 6.73. The molecule has 0 fully saturated rings. The molecule has 5 nitrogen and oxygen atoms in total. The summed E-state index contributed by atoms with van der Waals surface area (Å²) in [7, 11) is 1.59. The van der Waals surface area contributed by atoms with Crippen molar-refractivity contribution in [2.45, 2.75) is 12.1 Å². The second kappa shape index (κ2) is 8.55. The molecule has 6 heteroatoms. The first kappa shape index (κ1) is 19.9. The number of methoxy groups -OCH3 is 1. The smallest absolute Gasteiger partial charge is 0.266 e. The van der Waals surface area contributed by atoms with E-state index in [0.717, 1.165) is 11.3 Å². The van der Waals surface area contributed by atoms with Crippen molar-refractivity contribution in [2.75, 3.05) is 12.9 Å². The summed E-state index contributed by atoms with van der Waals surface area (Å²) in [4.78, 5) is 30.6. The minimum absolute atomic E-state index is 0.0409. The Kier molecular flexibility index (Phi) is 5.68. The fourth-order valence-corrected chi connectivity index (χ4v) is 4.10. The van der Waals surface area contributed by atoms with Gasteiger partial charge in [-0.2, -0.15) is 0 Å². The quantitative estimate of drug-likeness (QED) is 0.260. The molecule has 0 N–H and O–H groups in total. The van der Waals surface area contributed by atoms with Crippen molar-refractivity contribution in [1.82, 2.24) is 9.55 Å². The fraction of sp³-hybridized carbons (Fsp3) is 0.125. The summed E-state index contributed by atoms with van der Waals surface area (Å²) in [6, 6.07) is 21.9. The first-order chi connectivity index (χ1) is 14.6. The van der Waals surface area contributed by atoms with Gasteiger partial charge in [-0.15, -0.1) is 0 Å². The number of aryl methyl sites for hydroxylation is 1. The molecule has 0 aliphatic rings. The number of hydrogen-bond donors (Lipinski definition) is 0. The Morgan fingerprint density at radius 1 is 1.03 bits per heavy atom. The van der Waals surface area contributed by atoms with Gasteiger partial charge in [-0.25, -0.2) is 4.98 Å². The van der Waals surface area contributed by atoms with E-state index in [9.17, 15) is 9.59 Å². The van der Waals surface area contributed by atoms with Gasteiger partial charge >= 0.3 is 0 Å². The Bertz CT molecular complexity index is 1280. The zero-order valence-corrected chi connectivity index (χ0v) is 17.5. The number of nitrogens with zero attached hydrogens (tertiary/aromatic N) is 2. The number of carbonyl (C=O) groups is 1. The molecule has 4 aromatic rings. The number of fused-ring (bicyclic) bond motifs is 1. The standard InChI is InChI=1S/C24H20N2O3S/c1-16-6-5-7-18(14-16)26-23(28)20-8-3-4-9-21(20)25-24(26)30-15-22(27)17-10-12-19(29-2)13-11-17/h3-14H,15H2,1-2H3. The monoisotopic (exact) mass is 416 g/mol. The second-order valence-electron chi connectivity index (χ2n) is 6.83. The minimum Gasteiger partial charge on any atom is -0.497 e. The Morgan fingerprint density at radius 3 is 2.53 bits per heavy atom. The van der Waals surface area contributed by atoms with E-state index >= 15 is 0 Å². The number of Topliss-reactive ketones (excluding diaryl/α,β-unsaturated/α-hetero) is 1. The van der Waals surface area contributed by atoms with Gasteiger partial charge in [-0.1, -0.05) is 36.0 Å². The van der Waals surface area contributed by atoms with E-state index in [-0.39, 0.29) is 17.1 Å². The van der Waals surface area contributed by atoms with Gasteiger partial charge in [0.2, 0.25) is 0 Å². The van der Waals surface area contributed by atoms with E-state index in [1.165, 1.54) is 11.8 Å². The number of ketones is 1. The SMILES string of the molecule is COc1ccc(C(=O)CSc2nc3ccccc3c(=O)n2-c2cccc(C)c2)cc1. The highest BCUT2D eigenvalue weighted by atomic mass is 32.2. The van der Waals surface area contributed by atoms with Crippen molar-refractivity contribution in [3.63, 3.8) is 0 Å². The van der Waals surface area contributed by atoms with Crippen molar-refractivity contribution in [3.8, 4) is 11.4 Å². The molecular weight excluding hydrogens is 396 g/mol. The van der Waals surface area contributed by atoms with Crippen molar-refractivity contribution in [3.05, 3.63) is 94.3 Å².